The Labute approximate surface area is 118 Å². The highest BCUT2D eigenvalue weighted by Crippen LogP contribution is 2.28. The summed E-state index contributed by atoms with van der Waals surface area (Å²) in [6.45, 7) is 7.19. The molecule has 1 unspecified atom stereocenters. The van der Waals surface area contributed by atoms with Gasteiger partial charge in [0.15, 0.2) is 0 Å². The second kappa shape index (κ2) is 6.31. The molecule has 1 atom stereocenters. The lowest BCUT2D eigenvalue weighted by Crippen LogP contribution is -2.23. The van der Waals surface area contributed by atoms with Crippen molar-refractivity contribution in [1.82, 2.24) is 5.32 Å². The predicted octanol–water partition coefficient (Wildman–Crippen LogP) is 4.40. The molecule has 1 aromatic heterocycles. The summed E-state index contributed by atoms with van der Waals surface area (Å²) in [6, 6.07) is 7.45. The van der Waals surface area contributed by atoms with Gasteiger partial charge in [-0.05, 0) is 67.1 Å². The molecule has 0 amide bonds. The average molecular weight is 277 g/mol. The van der Waals surface area contributed by atoms with Crippen molar-refractivity contribution in [3.63, 3.8) is 0 Å². The van der Waals surface area contributed by atoms with Gasteiger partial charge in [-0.15, -0.1) is 11.3 Å². The third-order valence-electron chi connectivity index (χ3n) is 3.40. The van der Waals surface area contributed by atoms with Crippen molar-refractivity contribution in [3.05, 3.63) is 57.0 Å². The van der Waals surface area contributed by atoms with Gasteiger partial charge < -0.3 is 5.32 Å². The van der Waals surface area contributed by atoms with Crippen molar-refractivity contribution in [3.8, 4) is 0 Å². The molecule has 2 rings (SSSR count). The Bertz CT molecular complexity index is 547. The summed E-state index contributed by atoms with van der Waals surface area (Å²) in [5.41, 5.74) is 3.54. The number of aryl methyl sites for hydroxylation is 2. The van der Waals surface area contributed by atoms with Crippen LogP contribution in [0.5, 0.6) is 0 Å². The van der Waals surface area contributed by atoms with Crippen molar-refractivity contribution in [2.75, 3.05) is 6.54 Å². The Hall–Kier alpha value is -1.19. The first-order valence-electron chi connectivity index (χ1n) is 6.64. The molecule has 0 saturated carbocycles. The molecule has 1 heterocycles. The number of hydrogen-bond acceptors (Lipinski definition) is 2. The molecule has 1 N–H and O–H groups in total. The molecule has 3 heteroatoms. The van der Waals surface area contributed by atoms with Crippen LogP contribution in [0.4, 0.5) is 4.39 Å². The van der Waals surface area contributed by atoms with Gasteiger partial charge in [0, 0.05) is 10.9 Å². The van der Waals surface area contributed by atoms with E-state index in [4.69, 9.17) is 0 Å². The first kappa shape index (κ1) is 14.2. The third kappa shape index (κ3) is 3.43. The van der Waals surface area contributed by atoms with E-state index in [0.29, 0.717) is 0 Å². The van der Waals surface area contributed by atoms with Gasteiger partial charge in [-0.3, -0.25) is 0 Å². The summed E-state index contributed by atoms with van der Waals surface area (Å²) in [6.07, 6.45) is 0.832. The fourth-order valence-corrected chi connectivity index (χ4v) is 3.33. The average Bonchev–Trinajstić information content (AvgIpc) is 2.79. The van der Waals surface area contributed by atoms with Gasteiger partial charge >= 0.3 is 0 Å². The van der Waals surface area contributed by atoms with Gasteiger partial charge in [0.05, 0.1) is 0 Å². The highest BCUT2D eigenvalue weighted by Gasteiger charge is 2.16. The van der Waals surface area contributed by atoms with Crippen molar-refractivity contribution in [2.24, 2.45) is 0 Å². The summed E-state index contributed by atoms with van der Waals surface area (Å²) in [5, 5.41) is 5.63. The maximum atomic E-state index is 13.4. The van der Waals surface area contributed by atoms with Crippen molar-refractivity contribution in [1.29, 1.82) is 0 Å². The van der Waals surface area contributed by atoms with Crippen molar-refractivity contribution >= 4 is 11.3 Å². The van der Waals surface area contributed by atoms with Crippen molar-refractivity contribution < 1.29 is 4.39 Å². The molecule has 0 radical (unpaired) electrons. The van der Waals surface area contributed by atoms with Crippen LogP contribution in [0.3, 0.4) is 0 Å². The van der Waals surface area contributed by atoms with E-state index in [9.17, 15) is 4.39 Å². The molecule has 102 valence electrons. The molecule has 0 fully saturated rings. The van der Waals surface area contributed by atoms with Crippen LogP contribution in [-0.2, 0) is 6.42 Å². The molecular weight excluding hydrogens is 257 g/mol. The molecule has 0 aliphatic heterocycles. The Morgan fingerprint density at radius 2 is 2.00 bits per heavy atom. The fraction of sp³-hybridized carbons (Fsp3) is 0.375. The van der Waals surface area contributed by atoms with Crippen molar-refractivity contribution in [2.45, 2.75) is 33.2 Å². The van der Waals surface area contributed by atoms with Gasteiger partial charge in [0.25, 0.3) is 0 Å². The van der Waals surface area contributed by atoms with Gasteiger partial charge in [0.1, 0.15) is 5.82 Å². The molecule has 2 aromatic rings. The van der Waals surface area contributed by atoms with Crippen LogP contribution in [0.15, 0.2) is 29.6 Å². The quantitative estimate of drug-likeness (QED) is 0.854. The molecule has 0 spiro atoms. The summed E-state index contributed by atoms with van der Waals surface area (Å²) in [7, 11) is 0. The highest BCUT2D eigenvalue weighted by atomic mass is 32.1. The molecule has 0 saturated heterocycles. The lowest BCUT2D eigenvalue weighted by Gasteiger charge is -2.19. The summed E-state index contributed by atoms with van der Waals surface area (Å²) in [4.78, 5) is 1.35. The third-order valence-corrected chi connectivity index (χ3v) is 4.54. The van der Waals surface area contributed by atoms with Crippen LogP contribution < -0.4 is 5.32 Å². The van der Waals surface area contributed by atoms with Gasteiger partial charge in [-0.1, -0.05) is 13.0 Å². The number of benzene rings is 1. The lowest BCUT2D eigenvalue weighted by atomic mass is 9.98. The van der Waals surface area contributed by atoms with Crippen LogP contribution in [0.25, 0.3) is 0 Å². The molecule has 0 aliphatic rings. The van der Waals surface area contributed by atoms with E-state index in [1.165, 1.54) is 16.5 Å². The first-order valence-corrected chi connectivity index (χ1v) is 7.52. The molecule has 0 aliphatic carbocycles. The topological polar surface area (TPSA) is 12.0 Å². The second-order valence-corrected chi connectivity index (χ2v) is 5.80. The number of halogens is 1. The van der Waals surface area contributed by atoms with Crippen LogP contribution in [-0.4, -0.2) is 6.54 Å². The summed E-state index contributed by atoms with van der Waals surface area (Å²) < 4.78 is 13.4. The Balaban J connectivity index is 2.26. The molecule has 0 bridgehead atoms. The zero-order chi connectivity index (χ0) is 13.8. The lowest BCUT2D eigenvalue weighted by molar-refractivity contribution is 0.551. The SMILES string of the molecule is CCNC(Cc1cc(F)ccc1C)c1sccc1C. The fourth-order valence-electron chi connectivity index (χ4n) is 2.33. The van der Waals surface area contributed by atoms with E-state index >= 15 is 0 Å². The monoisotopic (exact) mass is 277 g/mol. The smallest absolute Gasteiger partial charge is 0.123 e. The number of likely N-dealkylation sites (N-methyl/N-ethyl adjacent to an activating group) is 1. The Morgan fingerprint density at radius 1 is 1.21 bits per heavy atom. The van der Waals surface area contributed by atoms with Gasteiger partial charge in [0.2, 0.25) is 0 Å². The predicted molar refractivity (Wildman–Crippen MR) is 80.3 cm³/mol. The van der Waals surface area contributed by atoms with Crippen LogP contribution in [0, 0.1) is 19.7 Å². The Morgan fingerprint density at radius 3 is 2.63 bits per heavy atom. The van der Waals surface area contributed by atoms with Crippen LogP contribution >= 0.6 is 11.3 Å². The summed E-state index contributed by atoms with van der Waals surface area (Å²) >= 11 is 1.77. The van der Waals surface area contributed by atoms with E-state index in [2.05, 4.69) is 30.6 Å². The van der Waals surface area contributed by atoms with E-state index in [1.807, 2.05) is 13.0 Å². The normalized spacial score (nSPS) is 12.6. The molecule has 1 nitrogen and oxygen atoms in total. The minimum Gasteiger partial charge on any atom is -0.309 e. The van der Waals surface area contributed by atoms with Gasteiger partial charge in [-0.25, -0.2) is 4.39 Å². The second-order valence-electron chi connectivity index (χ2n) is 4.85. The zero-order valence-electron chi connectivity index (χ0n) is 11.7. The largest absolute Gasteiger partial charge is 0.309 e. The van der Waals surface area contributed by atoms with Gasteiger partial charge in [-0.2, -0.15) is 0 Å². The maximum absolute atomic E-state index is 13.4. The van der Waals surface area contributed by atoms with E-state index in [1.54, 1.807) is 17.4 Å². The molecule has 19 heavy (non-hydrogen) atoms. The first-order chi connectivity index (χ1) is 9.11. The highest BCUT2D eigenvalue weighted by molar-refractivity contribution is 7.10. The standard InChI is InChI=1S/C16H20FNS/c1-4-18-15(16-12(3)7-8-19-16)10-13-9-14(17)6-5-11(13)2/h5-9,15,18H,4,10H2,1-3H3. The Kier molecular flexibility index (Phi) is 4.72. The van der Waals surface area contributed by atoms with E-state index < -0.39 is 0 Å². The molecule has 1 aromatic carbocycles. The minimum absolute atomic E-state index is 0.154. The minimum atomic E-state index is -0.154. The maximum Gasteiger partial charge on any atom is 0.123 e. The van der Waals surface area contributed by atoms with Crippen LogP contribution in [0.1, 0.15) is 34.5 Å². The number of thiophene rings is 1. The zero-order valence-corrected chi connectivity index (χ0v) is 12.5. The van der Waals surface area contributed by atoms with E-state index in [0.717, 1.165) is 24.1 Å². The number of hydrogen-bond donors (Lipinski definition) is 1. The van der Waals surface area contributed by atoms with Crippen LogP contribution in [0.2, 0.25) is 0 Å². The summed E-state index contributed by atoms with van der Waals surface area (Å²) in [5.74, 6) is -0.154. The molecular formula is C16H20FNS. The number of nitrogens with one attached hydrogen (secondary N) is 1. The van der Waals surface area contributed by atoms with E-state index in [-0.39, 0.29) is 11.9 Å². The number of rotatable bonds is 5.